The van der Waals surface area contributed by atoms with Crippen molar-refractivity contribution in [1.82, 2.24) is 24.9 Å². The van der Waals surface area contributed by atoms with Crippen LogP contribution in [0, 0.1) is 17.4 Å². The first kappa shape index (κ1) is 18.9. The van der Waals surface area contributed by atoms with Gasteiger partial charge in [-0.3, -0.25) is 4.79 Å². The van der Waals surface area contributed by atoms with Crippen molar-refractivity contribution in [3.8, 4) is 5.82 Å². The van der Waals surface area contributed by atoms with Crippen molar-refractivity contribution in [2.24, 2.45) is 0 Å². The molecule has 0 bridgehead atoms. The molecule has 0 radical (unpaired) electrons. The molecular weight excluding hydrogens is 467 g/mol. The summed E-state index contributed by atoms with van der Waals surface area (Å²) in [6.45, 7) is 6.78. The number of hydrogen-bond acceptors (Lipinski definition) is 5. The highest BCUT2D eigenvalue weighted by Crippen LogP contribution is 2.18. The smallest absolute Gasteiger partial charge is 0.255 e. The minimum Gasteiger partial charge on any atom is -0.352 e. The van der Waals surface area contributed by atoms with E-state index in [-0.39, 0.29) is 5.91 Å². The van der Waals surface area contributed by atoms with Gasteiger partial charge in [0.05, 0.1) is 11.3 Å². The second kappa shape index (κ2) is 7.86. The Balaban J connectivity index is 1.42. The fourth-order valence-electron chi connectivity index (χ4n) is 3.40. The van der Waals surface area contributed by atoms with Crippen molar-refractivity contribution in [3.05, 3.63) is 63.0 Å². The monoisotopic (exact) mass is 488 g/mol. The highest BCUT2D eigenvalue weighted by Gasteiger charge is 2.24. The lowest BCUT2D eigenvalue weighted by Crippen LogP contribution is -2.49. The van der Waals surface area contributed by atoms with Crippen molar-refractivity contribution in [3.63, 3.8) is 0 Å². The summed E-state index contributed by atoms with van der Waals surface area (Å²) in [5, 5.41) is 13.2. The third-order valence-corrected chi connectivity index (χ3v) is 5.80. The maximum absolute atomic E-state index is 12.8. The van der Waals surface area contributed by atoms with Crippen LogP contribution in [0.5, 0.6) is 0 Å². The zero-order valence-electron chi connectivity index (χ0n) is 15.8. The number of amides is 1. The summed E-state index contributed by atoms with van der Waals surface area (Å²) in [5.74, 6) is 1.63. The molecule has 0 atom stereocenters. The van der Waals surface area contributed by atoms with Crippen LogP contribution in [0.4, 0.5) is 5.82 Å². The average Bonchev–Trinajstić information content (AvgIpc) is 3.06. The second-order valence-corrected chi connectivity index (χ2v) is 8.01. The molecule has 0 spiro atoms. The molecule has 1 saturated heterocycles. The van der Waals surface area contributed by atoms with Gasteiger partial charge in [0.15, 0.2) is 11.6 Å². The molecule has 1 fully saturated rings. The van der Waals surface area contributed by atoms with Gasteiger partial charge in [-0.25, -0.2) is 4.68 Å². The number of carbonyl (C=O) groups is 1. The van der Waals surface area contributed by atoms with Gasteiger partial charge in [-0.1, -0.05) is 12.1 Å². The van der Waals surface area contributed by atoms with Crippen molar-refractivity contribution in [2.45, 2.75) is 13.8 Å². The maximum Gasteiger partial charge on any atom is 0.255 e. The average molecular weight is 488 g/mol. The number of halogens is 1. The topological polar surface area (TPSA) is 67.2 Å². The van der Waals surface area contributed by atoms with E-state index in [1.165, 1.54) is 0 Å². The van der Waals surface area contributed by atoms with Gasteiger partial charge in [0.25, 0.3) is 5.91 Å². The molecule has 144 valence electrons. The van der Waals surface area contributed by atoms with Gasteiger partial charge in [0.1, 0.15) is 0 Å². The Kier molecular flexibility index (Phi) is 5.29. The van der Waals surface area contributed by atoms with Gasteiger partial charge in [-0.05, 0) is 66.8 Å². The van der Waals surface area contributed by atoms with Crippen LogP contribution in [0.25, 0.3) is 5.82 Å². The minimum atomic E-state index is 0.0932. The predicted octanol–water partition coefficient (Wildman–Crippen LogP) is 2.85. The number of aromatic nitrogens is 4. The molecule has 0 unspecified atom stereocenters. The van der Waals surface area contributed by atoms with E-state index in [1.54, 1.807) is 4.68 Å². The molecule has 1 amide bonds. The first-order valence-electron chi connectivity index (χ1n) is 9.19. The van der Waals surface area contributed by atoms with Gasteiger partial charge in [-0.15, -0.1) is 10.2 Å². The zero-order valence-corrected chi connectivity index (χ0v) is 18.0. The van der Waals surface area contributed by atoms with Gasteiger partial charge < -0.3 is 9.80 Å². The molecule has 28 heavy (non-hydrogen) atoms. The van der Waals surface area contributed by atoms with E-state index in [2.05, 4.69) is 42.8 Å². The lowest BCUT2D eigenvalue weighted by Gasteiger charge is -2.35. The standard InChI is InChI=1S/C20H21IN6O/c1-14-13-15(2)27(24-14)19-8-7-18(22-23-19)25-9-11-26(12-10-25)20(28)16-5-3-4-6-17(16)21/h3-8,13H,9-12H2,1-2H3. The summed E-state index contributed by atoms with van der Waals surface area (Å²) in [5.41, 5.74) is 2.75. The molecule has 1 aliphatic heterocycles. The van der Waals surface area contributed by atoms with Crippen LogP contribution in [0.3, 0.4) is 0 Å². The number of benzene rings is 1. The van der Waals surface area contributed by atoms with Crippen LogP contribution >= 0.6 is 22.6 Å². The molecule has 4 rings (SSSR count). The number of nitrogens with zero attached hydrogens (tertiary/aromatic N) is 6. The van der Waals surface area contributed by atoms with E-state index in [0.29, 0.717) is 18.9 Å². The van der Waals surface area contributed by atoms with E-state index >= 15 is 0 Å². The highest BCUT2D eigenvalue weighted by atomic mass is 127. The number of anilines is 1. The van der Waals surface area contributed by atoms with E-state index in [0.717, 1.165) is 39.4 Å². The molecular formula is C20H21IN6O. The summed E-state index contributed by atoms with van der Waals surface area (Å²) in [4.78, 5) is 16.8. The summed E-state index contributed by atoms with van der Waals surface area (Å²) in [7, 11) is 0. The Morgan fingerprint density at radius 3 is 2.25 bits per heavy atom. The third-order valence-electron chi connectivity index (χ3n) is 4.86. The lowest BCUT2D eigenvalue weighted by molar-refractivity contribution is 0.0745. The number of rotatable bonds is 3. The summed E-state index contributed by atoms with van der Waals surface area (Å²) < 4.78 is 2.78. The largest absolute Gasteiger partial charge is 0.352 e. The quantitative estimate of drug-likeness (QED) is 0.531. The molecule has 2 aromatic heterocycles. The minimum absolute atomic E-state index is 0.0932. The Morgan fingerprint density at radius 1 is 0.964 bits per heavy atom. The van der Waals surface area contributed by atoms with E-state index in [1.807, 2.05) is 61.2 Å². The van der Waals surface area contributed by atoms with Gasteiger partial charge >= 0.3 is 0 Å². The second-order valence-electron chi connectivity index (χ2n) is 6.85. The molecule has 1 aliphatic rings. The fourth-order valence-corrected chi connectivity index (χ4v) is 4.02. The summed E-state index contributed by atoms with van der Waals surface area (Å²) in [6, 6.07) is 13.6. The molecule has 0 aliphatic carbocycles. The number of hydrogen-bond donors (Lipinski definition) is 0. The molecule has 7 nitrogen and oxygen atoms in total. The molecule has 8 heteroatoms. The molecule has 1 aromatic carbocycles. The fraction of sp³-hybridized carbons (Fsp3) is 0.300. The van der Waals surface area contributed by atoms with E-state index in [4.69, 9.17) is 0 Å². The van der Waals surface area contributed by atoms with Crippen molar-refractivity contribution >= 4 is 34.3 Å². The predicted molar refractivity (Wildman–Crippen MR) is 116 cm³/mol. The lowest BCUT2D eigenvalue weighted by atomic mass is 10.2. The van der Waals surface area contributed by atoms with Crippen molar-refractivity contribution in [2.75, 3.05) is 31.1 Å². The van der Waals surface area contributed by atoms with Crippen molar-refractivity contribution < 1.29 is 4.79 Å². The summed E-state index contributed by atoms with van der Waals surface area (Å²) >= 11 is 2.21. The van der Waals surface area contributed by atoms with E-state index in [9.17, 15) is 4.79 Å². The number of carbonyl (C=O) groups excluding carboxylic acids is 1. The van der Waals surface area contributed by atoms with Gasteiger partial charge in [-0.2, -0.15) is 5.10 Å². The van der Waals surface area contributed by atoms with Crippen LogP contribution in [-0.4, -0.2) is 57.0 Å². The van der Waals surface area contributed by atoms with Gasteiger partial charge in [0, 0.05) is 35.4 Å². The van der Waals surface area contributed by atoms with Crippen LogP contribution < -0.4 is 4.90 Å². The zero-order chi connectivity index (χ0) is 19.7. The molecule has 0 saturated carbocycles. The highest BCUT2D eigenvalue weighted by molar-refractivity contribution is 14.1. The third kappa shape index (κ3) is 3.73. The van der Waals surface area contributed by atoms with Crippen LogP contribution in [0.15, 0.2) is 42.5 Å². The van der Waals surface area contributed by atoms with Crippen LogP contribution in [0.1, 0.15) is 21.7 Å². The Hall–Kier alpha value is -2.49. The molecule has 0 N–H and O–H groups in total. The first-order chi connectivity index (χ1) is 13.5. The number of aryl methyl sites for hydroxylation is 2. The van der Waals surface area contributed by atoms with E-state index < -0.39 is 0 Å². The SMILES string of the molecule is Cc1cc(C)n(-c2ccc(N3CCN(C(=O)c4ccccc4I)CC3)nn2)n1. The van der Waals surface area contributed by atoms with Crippen LogP contribution in [-0.2, 0) is 0 Å². The Labute approximate surface area is 177 Å². The normalized spacial score (nSPS) is 14.4. The molecule has 3 aromatic rings. The number of piperazine rings is 1. The molecule has 3 heterocycles. The van der Waals surface area contributed by atoms with Crippen LogP contribution in [0.2, 0.25) is 0 Å². The Bertz CT molecular complexity index is 992. The first-order valence-corrected chi connectivity index (χ1v) is 10.3. The summed E-state index contributed by atoms with van der Waals surface area (Å²) in [6.07, 6.45) is 0. The Morgan fingerprint density at radius 2 is 1.64 bits per heavy atom. The maximum atomic E-state index is 12.8. The van der Waals surface area contributed by atoms with Crippen molar-refractivity contribution in [1.29, 1.82) is 0 Å². The van der Waals surface area contributed by atoms with Gasteiger partial charge in [0.2, 0.25) is 0 Å².